The molecule has 1 heterocycles. The molecule has 1 aromatic heterocycles. The van der Waals surface area contributed by atoms with E-state index < -0.39 is 24.0 Å². The fourth-order valence-corrected chi connectivity index (χ4v) is 4.84. The van der Waals surface area contributed by atoms with Gasteiger partial charge in [-0.1, -0.05) is 48.5 Å². The summed E-state index contributed by atoms with van der Waals surface area (Å²) >= 11 is 1.23. The Morgan fingerprint density at radius 2 is 1.74 bits per heavy atom. The van der Waals surface area contributed by atoms with Crippen LogP contribution in [0.3, 0.4) is 0 Å². The SMILES string of the molecule is COC[C@H](NC(=O)CCc1cnc(NC(=O)OCC2c3ccccc3-c3ccccc32)s1)C(=O)O. The van der Waals surface area contributed by atoms with E-state index in [1.54, 1.807) is 6.20 Å². The number of benzene rings is 2. The number of ether oxygens (including phenoxy) is 2. The first-order chi connectivity index (χ1) is 17.0. The lowest BCUT2D eigenvalue weighted by Crippen LogP contribution is -2.43. The van der Waals surface area contributed by atoms with Crippen molar-refractivity contribution in [2.24, 2.45) is 0 Å². The fourth-order valence-electron chi connectivity index (χ4n) is 4.05. The third-order valence-electron chi connectivity index (χ3n) is 5.67. The van der Waals surface area contributed by atoms with Gasteiger partial charge in [-0.3, -0.25) is 10.1 Å². The molecule has 0 unspecified atom stereocenters. The highest BCUT2D eigenvalue weighted by Crippen LogP contribution is 2.44. The highest BCUT2D eigenvalue weighted by molar-refractivity contribution is 7.15. The first kappa shape index (κ1) is 24.4. The van der Waals surface area contributed by atoms with E-state index in [1.807, 2.05) is 24.3 Å². The zero-order valence-corrected chi connectivity index (χ0v) is 19.8. The second-order valence-corrected chi connectivity index (χ2v) is 9.11. The van der Waals surface area contributed by atoms with Crippen molar-refractivity contribution in [2.75, 3.05) is 25.6 Å². The molecular formula is C25H25N3O6S. The molecule has 4 rings (SSSR count). The van der Waals surface area contributed by atoms with Crippen LogP contribution in [0.15, 0.2) is 54.7 Å². The number of methoxy groups -OCH3 is 1. The van der Waals surface area contributed by atoms with Crippen molar-refractivity contribution in [2.45, 2.75) is 24.8 Å². The van der Waals surface area contributed by atoms with Crippen molar-refractivity contribution in [3.05, 3.63) is 70.7 Å². The normalized spacial score (nSPS) is 12.9. The monoisotopic (exact) mass is 495 g/mol. The van der Waals surface area contributed by atoms with Crippen molar-refractivity contribution in [3.8, 4) is 11.1 Å². The van der Waals surface area contributed by atoms with Crippen LogP contribution in [0, 0.1) is 0 Å². The van der Waals surface area contributed by atoms with Crippen LogP contribution in [0.4, 0.5) is 9.93 Å². The maximum absolute atomic E-state index is 12.4. The molecule has 2 aromatic carbocycles. The van der Waals surface area contributed by atoms with Gasteiger partial charge in [0.25, 0.3) is 0 Å². The van der Waals surface area contributed by atoms with Crippen LogP contribution in [-0.2, 0) is 25.5 Å². The van der Waals surface area contributed by atoms with Gasteiger partial charge in [-0.2, -0.15) is 0 Å². The molecule has 182 valence electrons. The van der Waals surface area contributed by atoms with Crippen LogP contribution in [-0.4, -0.2) is 54.4 Å². The van der Waals surface area contributed by atoms with E-state index in [0.29, 0.717) is 11.6 Å². The minimum atomic E-state index is -1.16. The molecule has 0 spiro atoms. The Hall–Kier alpha value is -3.76. The van der Waals surface area contributed by atoms with Crippen molar-refractivity contribution in [1.29, 1.82) is 0 Å². The molecule has 0 saturated heterocycles. The van der Waals surface area contributed by atoms with E-state index >= 15 is 0 Å². The number of fused-ring (bicyclic) bond motifs is 3. The van der Waals surface area contributed by atoms with Crippen LogP contribution in [0.5, 0.6) is 0 Å². The summed E-state index contributed by atoms with van der Waals surface area (Å²) in [6.45, 7) is 0.0837. The number of carboxylic acid groups (broad SMARTS) is 1. The number of nitrogens with zero attached hydrogens (tertiary/aromatic N) is 1. The number of anilines is 1. The van der Waals surface area contributed by atoms with Crippen LogP contribution in [0.2, 0.25) is 0 Å². The molecule has 2 amide bonds. The third-order valence-corrected chi connectivity index (χ3v) is 6.64. The summed E-state index contributed by atoms with van der Waals surface area (Å²) in [5.41, 5.74) is 4.57. The Morgan fingerprint density at radius 3 is 2.37 bits per heavy atom. The lowest BCUT2D eigenvalue weighted by atomic mass is 9.98. The maximum Gasteiger partial charge on any atom is 0.413 e. The standard InChI is InChI=1S/C25H25N3O6S/c1-33-14-21(23(30)31)27-22(29)11-10-15-12-26-24(35-15)28-25(32)34-13-20-18-8-4-2-6-16(18)17-7-3-5-9-19(17)20/h2-9,12,20-21H,10-11,13-14H2,1H3,(H,27,29)(H,30,31)(H,26,28,32)/t21-/m0/s1. The number of carbonyl (C=O) groups excluding carboxylic acids is 2. The zero-order valence-electron chi connectivity index (χ0n) is 19.0. The number of hydrogen-bond acceptors (Lipinski definition) is 7. The first-order valence-electron chi connectivity index (χ1n) is 11.0. The minimum absolute atomic E-state index is 0.0359. The van der Waals surface area contributed by atoms with Crippen LogP contribution < -0.4 is 10.6 Å². The van der Waals surface area contributed by atoms with E-state index in [2.05, 4.69) is 39.9 Å². The summed E-state index contributed by atoms with van der Waals surface area (Å²) in [5, 5.41) is 14.5. The molecule has 9 nitrogen and oxygen atoms in total. The number of nitrogens with one attached hydrogen (secondary N) is 2. The third kappa shape index (κ3) is 5.84. The van der Waals surface area contributed by atoms with Gasteiger partial charge in [0, 0.05) is 30.5 Å². The average Bonchev–Trinajstić information content (AvgIpc) is 3.43. The predicted octanol–water partition coefficient (Wildman–Crippen LogP) is 3.65. The molecule has 0 saturated carbocycles. The van der Waals surface area contributed by atoms with Gasteiger partial charge in [-0.15, -0.1) is 11.3 Å². The van der Waals surface area contributed by atoms with E-state index in [9.17, 15) is 14.4 Å². The van der Waals surface area contributed by atoms with Gasteiger partial charge in [0.2, 0.25) is 5.91 Å². The van der Waals surface area contributed by atoms with Crippen LogP contribution >= 0.6 is 11.3 Å². The number of aryl methyl sites for hydroxylation is 1. The molecule has 1 aliphatic rings. The Balaban J connectivity index is 1.28. The smallest absolute Gasteiger partial charge is 0.413 e. The number of aromatic nitrogens is 1. The zero-order chi connectivity index (χ0) is 24.8. The molecule has 3 aromatic rings. The Labute approximate surface area is 206 Å². The number of hydrogen-bond donors (Lipinski definition) is 3. The van der Waals surface area contributed by atoms with Crippen LogP contribution in [0.25, 0.3) is 11.1 Å². The molecular weight excluding hydrogens is 470 g/mol. The molecule has 35 heavy (non-hydrogen) atoms. The van der Waals surface area contributed by atoms with Crippen molar-refractivity contribution < 1.29 is 29.0 Å². The quantitative estimate of drug-likeness (QED) is 0.392. The highest BCUT2D eigenvalue weighted by atomic mass is 32.1. The first-order valence-corrected chi connectivity index (χ1v) is 11.9. The molecule has 0 bridgehead atoms. The van der Waals surface area contributed by atoms with E-state index in [1.165, 1.54) is 18.4 Å². The summed E-state index contributed by atoms with van der Waals surface area (Å²) < 4.78 is 10.3. The number of amides is 2. The van der Waals surface area contributed by atoms with Crippen molar-refractivity contribution in [3.63, 3.8) is 0 Å². The summed E-state index contributed by atoms with van der Waals surface area (Å²) in [6.07, 6.45) is 1.41. The number of aliphatic carboxylic acids is 1. The van der Waals surface area contributed by atoms with Gasteiger partial charge in [-0.25, -0.2) is 14.6 Å². The Bertz CT molecular complexity index is 1180. The highest BCUT2D eigenvalue weighted by Gasteiger charge is 2.29. The van der Waals surface area contributed by atoms with E-state index in [4.69, 9.17) is 14.6 Å². The number of thiazole rings is 1. The number of carbonyl (C=O) groups is 3. The maximum atomic E-state index is 12.4. The van der Waals surface area contributed by atoms with Gasteiger partial charge in [0.1, 0.15) is 6.61 Å². The van der Waals surface area contributed by atoms with Crippen molar-refractivity contribution >= 4 is 34.4 Å². The van der Waals surface area contributed by atoms with Gasteiger partial charge in [0.05, 0.1) is 6.61 Å². The topological polar surface area (TPSA) is 127 Å². The summed E-state index contributed by atoms with van der Waals surface area (Å²) in [6, 6.07) is 15.1. The van der Waals surface area contributed by atoms with Gasteiger partial charge in [0.15, 0.2) is 11.2 Å². The number of rotatable bonds is 10. The molecule has 3 N–H and O–H groups in total. The summed E-state index contributed by atoms with van der Waals surface area (Å²) in [4.78, 5) is 40.5. The largest absolute Gasteiger partial charge is 0.480 e. The predicted molar refractivity (Wildman–Crippen MR) is 131 cm³/mol. The van der Waals surface area contributed by atoms with Gasteiger partial charge in [-0.05, 0) is 28.7 Å². The molecule has 0 radical (unpaired) electrons. The molecule has 1 atom stereocenters. The van der Waals surface area contributed by atoms with Gasteiger partial charge >= 0.3 is 12.1 Å². The van der Waals surface area contributed by atoms with Crippen LogP contribution in [0.1, 0.15) is 28.3 Å². The minimum Gasteiger partial charge on any atom is -0.480 e. The van der Waals surface area contributed by atoms with Gasteiger partial charge < -0.3 is 19.9 Å². The molecule has 0 aliphatic heterocycles. The Kier molecular flexibility index (Phi) is 7.74. The summed E-state index contributed by atoms with van der Waals surface area (Å²) in [5.74, 6) is -1.60. The number of carboxylic acids is 1. The molecule has 1 aliphatic carbocycles. The molecule has 10 heteroatoms. The summed E-state index contributed by atoms with van der Waals surface area (Å²) in [7, 11) is 1.37. The second-order valence-electron chi connectivity index (χ2n) is 8.00. The second kappa shape index (κ2) is 11.1. The fraction of sp³-hybridized carbons (Fsp3) is 0.280. The lowest BCUT2D eigenvalue weighted by molar-refractivity contribution is -0.143. The lowest BCUT2D eigenvalue weighted by Gasteiger charge is -2.14. The van der Waals surface area contributed by atoms with E-state index in [0.717, 1.165) is 27.1 Å². The molecule has 0 fully saturated rings. The average molecular weight is 496 g/mol. The van der Waals surface area contributed by atoms with Crippen molar-refractivity contribution in [1.82, 2.24) is 10.3 Å². The Morgan fingerprint density at radius 1 is 1.09 bits per heavy atom. The van der Waals surface area contributed by atoms with E-state index in [-0.39, 0.29) is 25.6 Å².